The fraction of sp³-hybridized carbons (Fsp3) is 0.357. The Kier molecular flexibility index (Phi) is 12.8. The van der Waals surface area contributed by atoms with E-state index in [2.05, 4.69) is 23.7 Å². The molecule has 0 saturated heterocycles. The molecule has 0 amide bonds. The van der Waals surface area contributed by atoms with Crippen LogP contribution in [0.5, 0.6) is 0 Å². The highest BCUT2D eigenvalue weighted by molar-refractivity contribution is 6.02. The maximum absolute atomic E-state index is 11.9. The summed E-state index contributed by atoms with van der Waals surface area (Å²) in [5, 5.41) is 19.5. The number of ether oxygens (including phenoxy) is 4. The summed E-state index contributed by atoms with van der Waals surface area (Å²) in [6.07, 6.45) is 0. The molecule has 0 radical (unpaired) electrons. The smallest absolute Gasteiger partial charge is 0.336 e. The van der Waals surface area contributed by atoms with Crippen molar-refractivity contribution in [2.75, 3.05) is 52.9 Å². The average molecular weight is 495 g/mol. The van der Waals surface area contributed by atoms with Crippen molar-refractivity contribution < 1.29 is 38.7 Å². The SMILES string of the molecule is CCOCCOCC#Cc1ccc(C(=O)O)c(-c2cc(C#CCOCCOCC)ccc2C(=O)O)c1. The molecule has 190 valence electrons. The van der Waals surface area contributed by atoms with Crippen LogP contribution in [0.1, 0.15) is 45.7 Å². The van der Waals surface area contributed by atoms with Gasteiger partial charge in [0.2, 0.25) is 0 Å². The maximum Gasteiger partial charge on any atom is 0.336 e. The molecule has 0 spiro atoms. The van der Waals surface area contributed by atoms with E-state index in [0.717, 1.165) is 0 Å². The quantitative estimate of drug-likeness (QED) is 0.321. The third-order valence-electron chi connectivity index (χ3n) is 4.76. The van der Waals surface area contributed by atoms with Crippen LogP contribution in [-0.2, 0) is 18.9 Å². The number of rotatable bonds is 13. The van der Waals surface area contributed by atoms with Crippen molar-refractivity contribution in [3.63, 3.8) is 0 Å². The number of benzene rings is 2. The Hall–Kier alpha value is -3.66. The van der Waals surface area contributed by atoms with Gasteiger partial charge in [-0.15, -0.1) is 0 Å². The molecule has 2 N–H and O–H groups in total. The molecule has 0 aliphatic rings. The Morgan fingerprint density at radius 1 is 0.667 bits per heavy atom. The first-order chi connectivity index (χ1) is 17.5. The van der Waals surface area contributed by atoms with E-state index in [9.17, 15) is 19.8 Å². The minimum atomic E-state index is -1.18. The zero-order valence-electron chi connectivity index (χ0n) is 20.5. The monoisotopic (exact) mass is 494 g/mol. The van der Waals surface area contributed by atoms with Crippen LogP contribution in [0, 0.1) is 23.7 Å². The van der Waals surface area contributed by atoms with Crippen LogP contribution in [0.2, 0.25) is 0 Å². The van der Waals surface area contributed by atoms with Crippen molar-refractivity contribution in [2.45, 2.75) is 13.8 Å². The van der Waals surface area contributed by atoms with Crippen LogP contribution in [0.3, 0.4) is 0 Å². The number of carboxylic acids is 2. The molecular weight excluding hydrogens is 464 g/mol. The predicted molar refractivity (Wildman–Crippen MR) is 134 cm³/mol. The van der Waals surface area contributed by atoms with Crippen molar-refractivity contribution in [3.05, 3.63) is 58.7 Å². The summed E-state index contributed by atoms with van der Waals surface area (Å²) in [5.74, 6) is 9.23. The molecule has 2 aromatic carbocycles. The molecule has 8 nitrogen and oxygen atoms in total. The van der Waals surface area contributed by atoms with Gasteiger partial charge in [0.05, 0.1) is 37.6 Å². The second-order valence-electron chi connectivity index (χ2n) is 7.23. The summed E-state index contributed by atoms with van der Waals surface area (Å²) >= 11 is 0. The van der Waals surface area contributed by atoms with Gasteiger partial charge in [0.15, 0.2) is 0 Å². The first-order valence-electron chi connectivity index (χ1n) is 11.5. The minimum Gasteiger partial charge on any atom is -0.478 e. The number of carbonyl (C=O) groups is 2. The highest BCUT2D eigenvalue weighted by Gasteiger charge is 2.18. The van der Waals surface area contributed by atoms with Gasteiger partial charge in [0.25, 0.3) is 0 Å². The minimum absolute atomic E-state index is 0.0413. The predicted octanol–water partition coefficient (Wildman–Crippen LogP) is 3.56. The molecule has 0 fully saturated rings. The van der Waals surface area contributed by atoms with Gasteiger partial charge < -0.3 is 29.2 Å². The van der Waals surface area contributed by atoms with E-state index >= 15 is 0 Å². The molecule has 0 aliphatic heterocycles. The molecule has 8 heteroatoms. The lowest BCUT2D eigenvalue weighted by molar-refractivity contribution is 0.0662. The molecule has 0 aromatic heterocycles. The zero-order chi connectivity index (χ0) is 26.2. The van der Waals surface area contributed by atoms with E-state index in [-0.39, 0.29) is 35.5 Å². The third kappa shape index (κ3) is 9.53. The molecule has 0 unspecified atom stereocenters. The Bertz CT molecular complexity index is 1060. The molecule has 0 aliphatic carbocycles. The van der Waals surface area contributed by atoms with E-state index in [1.165, 1.54) is 12.1 Å². The van der Waals surface area contributed by atoms with Crippen LogP contribution >= 0.6 is 0 Å². The number of aromatic carboxylic acids is 2. The molecule has 0 atom stereocenters. The van der Waals surface area contributed by atoms with Crippen LogP contribution in [0.15, 0.2) is 36.4 Å². The van der Waals surface area contributed by atoms with Gasteiger partial charge in [-0.1, -0.05) is 23.7 Å². The number of carboxylic acid groups (broad SMARTS) is 2. The van der Waals surface area contributed by atoms with Crippen molar-refractivity contribution >= 4 is 11.9 Å². The Balaban J connectivity index is 2.31. The number of hydrogen-bond acceptors (Lipinski definition) is 6. The second-order valence-corrected chi connectivity index (χ2v) is 7.23. The van der Waals surface area contributed by atoms with E-state index < -0.39 is 11.9 Å². The first kappa shape index (κ1) is 28.6. The Morgan fingerprint density at radius 3 is 1.42 bits per heavy atom. The fourth-order valence-corrected chi connectivity index (χ4v) is 3.11. The number of hydrogen-bond donors (Lipinski definition) is 2. The molecule has 0 bridgehead atoms. The molecule has 0 saturated carbocycles. The van der Waals surface area contributed by atoms with Crippen LogP contribution in [0.4, 0.5) is 0 Å². The largest absolute Gasteiger partial charge is 0.478 e. The van der Waals surface area contributed by atoms with Crippen molar-refractivity contribution in [1.29, 1.82) is 0 Å². The Labute approximate surface area is 211 Å². The van der Waals surface area contributed by atoms with E-state index in [1.54, 1.807) is 24.3 Å². The van der Waals surface area contributed by atoms with Gasteiger partial charge in [0, 0.05) is 24.3 Å². The average Bonchev–Trinajstić information content (AvgIpc) is 2.87. The van der Waals surface area contributed by atoms with Crippen LogP contribution < -0.4 is 0 Å². The molecule has 0 heterocycles. The van der Waals surface area contributed by atoms with E-state index in [4.69, 9.17) is 18.9 Å². The highest BCUT2D eigenvalue weighted by atomic mass is 16.5. The topological polar surface area (TPSA) is 112 Å². The zero-order valence-corrected chi connectivity index (χ0v) is 20.5. The summed E-state index contributed by atoms with van der Waals surface area (Å²) in [6.45, 7) is 7.17. The standard InChI is InChI=1S/C28H30O8/c1-3-33-15-17-35-13-5-7-21-9-11-23(27(29)30)25(19-21)26-20-22(10-12-24(26)28(31)32)8-6-14-36-18-16-34-4-2/h9-12,19-20H,3-4,13-18H2,1-2H3,(H,29,30)(H,31,32). The molecule has 36 heavy (non-hydrogen) atoms. The molecule has 2 rings (SSSR count). The summed E-state index contributed by atoms with van der Waals surface area (Å²) in [7, 11) is 0. The summed E-state index contributed by atoms with van der Waals surface area (Å²) in [5.41, 5.74) is 1.44. The maximum atomic E-state index is 11.9. The van der Waals surface area contributed by atoms with Crippen LogP contribution in [-0.4, -0.2) is 75.0 Å². The summed E-state index contributed by atoms with van der Waals surface area (Å²) in [6, 6.07) is 9.09. The molecular formula is C28H30O8. The fourth-order valence-electron chi connectivity index (χ4n) is 3.11. The van der Waals surface area contributed by atoms with Crippen LogP contribution in [0.25, 0.3) is 11.1 Å². The van der Waals surface area contributed by atoms with E-state index in [0.29, 0.717) is 50.8 Å². The van der Waals surface area contributed by atoms with Gasteiger partial charge in [-0.3, -0.25) is 0 Å². The summed E-state index contributed by atoms with van der Waals surface area (Å²) in [4.78, 5) is 23.8. The van der Waals surface area contributed by atoms with Gasteiger partial charge >= 0.3 is 11.9 Å². The first-order valence-corrected chi connectivity index (χ1v) is 11.5. The third-order valence-corrected chi connectivity index (χ3v) is 4.76. The summed E-state index contributed by atoms with van der Waals surface area (Å²) < 4.78 is 21.1. The van der Waals surface area contributed by atoms with Crippen molar-refractivity contribution in [1.82, 2.24) is 0 Å². The lowest BCUT2D eigenvalue weighted by atomic mass is 9.92. The highest BCUT2D eigenvalue weighted by Crippen LogP contribution is 2.29. The normalized spacial score (nSPS) is 10.2. The van der Waals surface area contributed by atoms with Crippen molar-refractivity contribution in [3.8, 4) is 34.8 Å². The van der Waals surface area contributed by atoms with Gasteiger partial charge in [-0.25, -0.2) is 9.59 Å². The molecule has 2 aromatic rings. The van der Waals surface area contributed by atoms with Crippen molar-refractivity contribution in [2.24, 2.45) is 0 Å². The van der Waals surface area contributed by atoms with Gasteiger partial charge in [-0.2, -0.15) is 0 Å². The van der Waals surface area contributed by atoms with Gasteiger partial charge in [-0.05, 0) is 61.4 Å². The van der Waals surface area contributed by atoms with Gasteiger partial charge in [0.1, 0.15) is 13.2 Å². The Morgan fingerprint density at radius 2 is 1.06 bits per heavy atom. The lowest BCUT2D eigenvalue weighted by Crippen LogP contribution is -2.05. The second kappa shape index (κ2) is 16.1. The lowest BCUT2D eigenvalue weighted by Gasteiger charge is -2.11. The van der Waals surface area contributed by atoms with E-state index in [1.807, 2.05) is 13.8 Å².